The highest BCUT2D eigenvalue weighted by atomic mass is 35.5. The van der Waals surface area contributed by atoms with Gasteiger partial charge >= 0.3 is 5.97 Å². The molecule has 4 nitrogen and oxygen atoms in total. The van der Waals surface area contributed by atoms with E-state index in [0.29, 0.717) is 11.6 Å². The average Bonchev–Trinajstić information content (AvgIpc) is 2.95. The van der Waals surface area contributed by atoms with Crippen LogP contribution >= 0.6 is 22.9 Å². The fourth-order valence-corrected chi connectivity index (χ4v) is 3.92. The summed E-state index contributed by atoms with van der Waals surface area (Å²) in [7, 11) is 4.02. The number of nitrogens with zero attached hydrogens (tertiary/aromatic N) is 2. The lowest BCUT2D eigenvalue weighted by atomic mass is 10.2. The van der Waals surface area contributed by atoms with Gasteiger partial charge in [0, 0.05) is 36.9 Å². The molecule has 0 aliphatic carbocycles. The van der Waals surface area contributed by atoms with Crippen LogP contribution in [0.1, 0.15) is 17.0 Å². The molecule has 0 saturated carbocycles. The van der Waals surface area contributed by atoms with Crippen LogP contribution in [0.2, 0.25) is 5.02 Å². The van der Waals surface area contributed by atoms with Crippen LogP contribution in [0.3, 0.4) is 0 Å². The van der Waals surface area contributed by atoms with E-state index in [0.717, 1.165) is 26.5 Å². The minimum atomic E-state index is -0.812. The summed E-state index contributed by atoms with van der Waals surface area (Å²) in [5.74, 6) is -0.812. The number of hydrogen-bond acceptors (Lipinski definition) is 3. The van der Waals surface area contributed by atoms with E-state index in [-0.39, 0.29) is 6.42 Å². The number of carboxylic acid groups (broad SMARTS) is 1. The van der Waals surface area contributed by atoms with Gasteiger partial charge in [0.2, 0.25) is 5.52 Å². The summed E-state index contributed by atoms with van der Waals surface area (Å²) < 4.78 is 3.10. The number of aromatic nitrogens is 1. The minimum Gasteiger partial charge on any atom is -0.481 e. The first-order valence-corrected chi connectivity index (χ1v) is 9.42. The van der Waals surface area contributed by atoms with Gasteiger partial charge < -0.3 is 10.0 Å². The van der Waals surface area contributed by atoms with E-state index < -0.39 is 5.97 Å². The van der Waals surface area contributed by atoms with Crippen LogP contribution in [-0.2, 0) is 11.3 Å². The molecule has 0 aliphatic rings. The molecular formula is C20H20ClN2O2S+. The van der Waals surface area contributed by atoms with Crippen molar-refractivity contribution in [1.29, 1.82) is 0 Å². The van der Waals surface area contributed by atoms with E-state index in [9.17, 15) is 4.79 Å². The third-order valence-corrected chi connectivity index (χ3v) is 5.44. The van der Waals surface area contributed by atoms with Gasteiger partial charge in [0.15, 0.2) is 6.54 Å². The van der Waals surface area contributed by atoms with Gasteiger partial charge in [-0.1, -0.05) is 35.1 Å². The highest BCUT2D eigenvalue weighted by Gasteiger charge is 2.19. The van der Waals surface area contributed by atoms with Gasteiger partial charge in [-0.25, -0.2) is 0 Å². The maximum absolute atomic E-state index is 11.0. The van der Waals surface area contributed by atoms with Gasteiger partial charge in [-0.2, -0.15) is 4.57 Å². The van der Waals surface area contributed by atoms with E-state index >= 15 is 0 Å². The molecule has 1 aromatic heterocycles. The summed E-state index contributed by atoms with van der Waals surface area (Å²) in [5.41, 5.74) is 3.21. The fourth-order valence-electron chi connectivity index (χ4n) is 2.69. The number of fused-ring (bicyclic) bond motifs is 1. The molecule has 0 aliphatic heterocycles. The number of carboxylic acids is 1. The van der Waals surface area contributed by atoms with Crippen LogP contribution in [0.25, 0.3) is 22.4 Å². The molecule has 0 spiro atoms. The normalized spacial score (nSPS) is 11.3. The van der Waals surface area contributed by atoms with Gasteiger partial charge in [0.05, 0.1) is 0 Å². The van der Waals surface area contributed by atoms with Crippen LogP contribution in [-0.4, -0.2) is 25.2 Å². The first-order valence-electron chi connectivity index (χ1n) is 8.23. The molecular weight excluding hydrogens is 368 g/mol. The molecule has 1 heterocycles. The van der Waals surface area contributed by atoms with Crippen LogP contribution < -0.4 is 9.47 Å². The molecule has 0 unspecified atom stereocenters. The molecule has 0 saturated heterocycles. The van der Waals surface area contributed by atoms with Crippen LogP contribution in [0.5, 0.6) is 0 Å². The fraction of sp³-hybridized carbons (Fsp3) is 0.200. The average molecular weight is 388 g/mol. The molecule has 134 valence electrons. The van der Waals surface area contributed by atoms with Crippen molar-refractivity contribution < 1.29 is 14.5 Å². The largest absolute Gasteiger partial charge is 0.481 e. The molecule has 0 amide bonds. The number of aryl methyl sites for hydroxylation is 1. The van der Waals surface area contributed by atoms with Gasteiger partial charge in [-0.05, 0) is 35.9 Å². The highest BCUT2D eigenvalue weighted by Crippen LogP contribution is 2.25. The third kappa shape index (κ3) is 4.23. The Morgan fingerprint density at radius 2 is 1.92 bits per heavy atom. The van der Waals surface area contributed by atoms with Gasteiger partial charge in [-0.15, -0.1) is 0 Å². The number of aliphatic carboxylic acids is 1. The van der Waals surface area contributed by atoms with Crippen molar-refractivity contribution in [2.24, 2.45) is 0 Å². The summed E-state index contributed by atoms with van der Waals surface area (Å²) in [4.78, 5) is 13.1. The first kappa shape index (κ1) is 18.4. The predicted molar refractivity (Wildman–Crippen MR) is 109 cm³/mol. The maximum atomic E-state index is 11.0. The maximum Gasteiger partial charge on any atom is 0.309 e. The Balaban J connectivity index is 1.95. The lowest BCUT2D eigenvalue weighted by molar-refractivity contribution is -0.667. The van der Waals surface area contributed by atoms with Crippen molar-refractivity contribution in [1.82, 2.24) is 0 Å². The second-order valence-corrected chi connectivity index (χ2v) is 7.67. The van der Waals surface area contributed by atoms with Crippen LogP contribution in [0.4, 0.5) is 5.69 Å². The van der Waals surface area contributed by atoms with E-state index in [1.165, 1.54) is 0 Å². The quantitative estimate of drug-likeness (QED) is 0.631. The molecule has 0 atom stereocenters. The standard InChI is InChI=1S/C20H19ClN2O2S/c1-22(2)16-7-3-14(4-8-16)5-10-19-23(12-11-20(24)25)17-13-15(21)6-9-18(17)26-19/h3-10,13H,11-12H2,1-2H3/p+1. The number of rotatable bonds is 6. The molecule has 2 aromatic carbocycles. The SMILES string of the molecule is CN(C)c1ccc(C=Cc2sc3ccc(Cl)cc3[n+]2CCC(=O)O)cc1. The lowest BCUT2D eigenvalue weighted by Gasteiger charge is -2.11. The molecule has 0 fully saturated rings. The molecule has 0 bridgehead atoms. The number of hydrogen-bond donors (Lipinski definition) is 1. The summed E-state index contributed by atoms with van der Waals surface area (Å²) in [6.45, 7) is 0.412. The topological polar surface area (TPSA) is 44.4 Å². The smallest absolute Gasteiger partial charge is 0.309 e. The second kappa shape index (κ2) is 7.89. The van der Waals surface area contributed by atoms with Gasteiger partial charge in [0.1, 0.15) is 11.1 Å². The van der Waals surface area contributed by atoms with Crippen molar-refractivity contribution >= 4 is 57.0 Å². The Bertz CT molecular complexity index is 962. The van der Waals surface area contributed by atoms with E-state index in [2.05, 4.69) is 29.2 Å². The van der Waals surface area contributed by atoms with E-state index in [1.54, 1.807) is 11.3 Å². The number of halogens is 1. The summed E-state index contributed by atoms with van der Waals surface area (Å²) in [5, 5.41) is 10.7. The van der Waals surface area contributed by atoms with Crippen molar-refractivity contribution in [2.45, 2.75) is 13.0 Å². The Labute approximate surface area is 161 Å². The zero-order valence-corrected chi connectivity index (χ0v) is 16.2. The first-order chi connectivity index (χ1) is 12.4. The van der Waals surface area contributed by atoms with Crippen molar-refractivity contribution in [2.75, 3.05) is 19.0 Å². The van der Waals surface area contributed by atoms with Gasteiger partial charge in [-0.3, -0.25) is 4.79 Å². The number of anilines is 1. The Morgan fingerprint density at radius 1 is 1.19 bits per heavy atom. The van der Waals surface area contributed by atoms with E-state index in [4.69, 9.17) is 16.7 Å². The second-order valence-electron chi connectivity index (χ2n) is 6.17. The minimum absolute atomic E-state index is 0.0708. The molecule has 6 heteroatoms. The van der Waals surface area contributed by atoms with Crippen molar-refractivity contribution in [3.05, 3.63) is 58.1 Å². The molecule has 3 aromatic rings. The summed E-state index contributed by atoms with van der Waals surface area (Å²) >= 11 is 7.76. The number of carbonyl (C=O) groups is 1. The molecule has 1 N–H and O–H groups in total. The molecule has 26 heavy (non-hydrogen) atoms. The lowest BCUT2D eigenvalue weighted by Crippen LogP contribution is -2.36. The molecule has 0 radical (unpaired) electrons. The Kier molecular flexibility index (Phi) is 5.59. The van der Waals surface area contributed by atoms with E-state index in [1.807, 2.05) is 49.0 Å². The van der Waals surface area contributed by atoms with Crippen LogP contribution in [0.15, 0.2) is 42.5 Å². The highest BCUT2D eigenvalue weighted by molar-refractivity contribution is 7.18. The zero-order chi connectivity index (χ0) is 18.7. The number of benzene rings is 2. The Hall–Kier alpha value is -2.37. The van der Waals surface area contributed by atoms with Crippen molar-refractivity contribution in [3.63, 3.8) is 0 Å². The summed E-state index contributed by atoms with van der Waals surface area (Å²) in [6.07, 6.45) is 4.15. The zero-order valence-electron chi connectivity index (χ0n) is 14.6. The number of thiazole rings is 1. The monoisotopic (exact) mass is 387 g/mol. The molecule has 3 rings (SSSR count). The van der Waals surface area contributed by atoms with Gasteiger partial charge in [0.25, 0.3) is 5.01 Å². The Morgan fingerprint density at radius 3 is 2.58 bits per heavy atom. The van der Waals surface area contributed by atoms with Crippen molar-refractivity contribution in [3.8, 4) is 0 Å². The predicted octanol–water partition coefficient (Wildman–Crippen LogP) is 4.55. The summed E-state index contributed by atoms with van der Waals surface area (Å²) in [6, 6.07) is 14.0. The third-order valence-electron chi connectivity index (χ3n) is 4.07. The van der Waals surface area contributed by atoms with Crippen LogP contribution in [0, 0.1) is 0 Å².